The van der Waals surface area contributed by atoms with Gasteiger partial charge in [-0.2, -0.15) is 0 Å². The lowest BCUT2D eigenvalue weighted by Gasteiger charge is -2.72. The Morgan fingerprint density at radius 3 is 2.26 bits per heavy atom. The molecule has 7 nitrogen and oxygen atoms in total. The minimum absolute atomic E-state index is 0.00529. The van der Waals surface area contributed by atoms with Gasteiger partial charge < -0.3 is 24.4 Å². The van der Waals surface area contributed by atoms with Gasteiger partial charge in [0.1, 0.15) is 18.8 Å². The van der Waals surface area contributed by atoms with E-state index in [1.165, 1.54) is 12.0 Å². The van der Waals surface area contributed by atoms with E-state index in [1.54, 1.807) is 7.11 Å². The molecule has 42 heavy (non-hydrogen) atoms. The van der Waals surface area contributed by atoms with Crippen molar-refractivity contribution in [1.82, 2.24) is 0 Å². The Bertz CT molecular complexity index is 1090. The Hall–Kier alpha value is -1.60. The normalized spacial score (nSPS) is 46.2. The van der Waals surface area contributed by atoms with Crippen LogP contribution in [-0.2, 0) is 19.0 Å². The first-order valence-electron chi connectivity index (χ1n) is 16.5. The van der Waals surface area contributed by atoms with Gasteiger partial charge in [-0.1, -0.05) is 46.8 Å². The van der Waals surface area contributed by atoms with Crippen LogP contribution in [0.1, 0.15) is 106 Å². The van der Waals surface area contributed by atoms with Crippen molar-refractivity contribution in [2.45, 2.75) is 118 Å². The molecule has 0 radical (unpaired) electrons. The SMILES string of the molecule is C=C(C)C1CC[C@]2(C(=O)OC)CCC3(C)C(CCC4C5(C)CCC(OC(=O)OCC(O)CO)C(C)(C)C5CCC43C)C12. The van der Waals surface area contributed by atoms with Crippen LogP contribution in [0.2, 0.25) is 0 Å². The maximum Gasteiger partial charge on any atom is 0.508 e. The molecule has 7 heteroatoms. The molecule has 0 aromatic rings. The minimum atomic E-state index is -1.10. The van der Waals surface area contributed by atoms with Crippen LogP contribution < -0.4 is 0 Å². The lowest BCUT2D eigenvalue weighted by atomic mass is 9.32. The van der Waals surface area contributed by atoms with Crippen molar-refractivity contribution in [3.05, 3.63) is 12.2 Å². The van der Waals surface area contributed by atoms with Crippen molar-refractivity contribution in [2.75, 3.05) is 20.3 Å². The van der Waals surface area contributed by atoms with Gasteiger partial charge in [0.15, 0.2) is 0 Å². The fourth-order valence-corrected chi connectivity index (χ4v) is 12.3. The van der Waals surface area contributed by atoms with Crippen LogP contribution in [0.4, 0.5) is 4.79 Å². The number of hydrogen-bond acceptors (Lipinski definition) is 7. The summed E-state index contributed by atoms with van der Waals surface area (Å²) in [5.74, 6) is 2.14. The zero-order chi connectivity index (χ0) is 30.9. The molecule has 0 aliphatic heterocycles. The number of fused-ring (bicyclic) bond motifs is 7. The highest BCUT2D eigenvalue weighted by atomic mass is 16.7. The third kappa shape index (κ3) is 4.41. The summed E-state index contributed by atoms with van der Waals surface area (Å²) in [6.45, 7) is 18.0. The second-order valence-corrected chi connectivity index (χ2v) is 16.2. The summed E-state index contributed by atoms with van der Waals surface area (Å²) in [5, 5.41) is 18.6. The quantitative estimate of drug-likeness (QED) is 0.263. The monoisotopic (exact) mass is 588 g/mol. The van der Waals surface area contributed by atoms with Gasteiger partial charge in [0.25, 0.3) is 0 Å². The van der Waals surface area contributed by atoms with E-state index in [0.29, 0.717) is 29.6 Å². The summed E-state index contributed by atoms with van der Waals surface area (Å²) >= 11 is 0. The van der Waals surface area contributed by atoms with Crippen LogP contribution in [0.25, 0.3) is 0 Å². The highest BCUT2D eigenvalue weighted by Crippen LogP contribution is 2.77. The average molecular weight is 589 g/mol. The highest BCUT2D eigenvalue weighted by molar-refractivity contribution is 5.78. The second-order valence-electron chi connectivity index (χ2n) is 16.2. The first-order chi connectivity index (χ1) is 19.6. The smallest absolute Gasteiger partial charge is 0.469 e. The number of hydrogen-bond donors (Lipinski definition) is 2. The number of carbonyl (C=O) groups excluding carboxylic acids is 2. The highest BCUT2D eigenvalue weighted by Gasteiger charge is 2.72. The molecule has 5 saturated carbocycles. The lowest BCUT2D eigenvalue weighted by Crippen LogP contribution is -2.67. The molecule has 0 bridgehead atoms. The van der Waals surface area contributed by atoms with Gasteiger partial charge >= 0.3 is 12.1 Å². The molecule has 5 aliphatic carbocycles. The van der Waals surface area contributed by atoms with Crippen LogP contribution in [-0.4, -0.2) is 54.9 Å². The second kappa shape index (κ2) is 10.8. The molecule has 0 aromatic heterocycles. The van der Waals surface area contributed by atoms with Crippen LogP contribution >= 0.6 is 0 Å². The van der Waals surface area contributed by atoms with Crippen LogP contribution in [0, 0.1) is 56.7 Å². The predicted octanol–water partition coefficient (Wildman–Crippen LogP) is 6.69. The third-order valence-corrected chi connectivity index (χ3v) is 14.4. The van der Waals surface area contributed by atoms with Gasteiger partial charge in [0, 0.05) is 5.41 Å². The molecule has 5 rings (SSSR count). The zero-order valence-corrected chi connectivity index (χ0v) is 27.2. The zero-order valence-electron chi connectivity index (χ0n) is 27.2. The van der Waals surface area contributed by atoms with Crippen molar-refractivity contribution in [2.24, 2.45) is 56.7 Å². The van der Waals surface area contributed by atoms with E-state index in [9.17, 15) is 14.7 Å². The van der Waals surface area contributed by atoms with E-state index < -0.39 is 18.9 Å². The van der Waals surface area contributed by atoms with E-state index in [1.807, 2.05) is 0 Å². The van der Waals surface area contributed by atoms with Gasteiger partial charge in [-0.25, -0.2) is 4.79 Å². The number of rotatable bonds is 6. The van der Waals surface area contributed by atoms with Gasteiger partial charge in [0.05, 0.1) is 19.1 Å². The first kappa shape index (κ1) is 31.8. The van der Waals surface area contributed by atoms with Crippen LogP contribution in [0.5, 0.6) is 0 Å². The fourth-order valence-electron chi connectivity index (χ4n) is 12.3. The molecular weight excluding hydrogens is 532 g/mol. The number of aliphatic hydroxyl groups excluding tert-OH is 2. The number of ether oxygens (including phenoxy) is 3. The lowest BCUT2D eigenvalue weighted by molar-refractivity contribution is -0.249. The van der Waals surface area contributed by atoms with Crippen molar-refractivity contribution in [3.8, 4) is 0 Å². The molecule has 0 aromatic carbocycles. The molecule has 5 fully saturated rings. The predicted molar refractivity (Wildman–Crippen MR) is 160 cm³/mol. The maximum atomic E-state index is 13.5. The summed E-state index contributed by atoms with van der Waals surface area (Å²) in [4.78, 5) is 26.0. The van der Waals surface area contributed by atoms with Gasteiger partial charge in [-0.15, -0.1) is 0 Å². The fraction of sp³-hybridized carbons (Fsp3) is 0.886. The summed E-state index contributed by atoms with van der Waals surface area (Å²) in [6, 6.07) is 0. The van der Waals surface area contributed by atoms with Crippen LogP contribution in [0.15, 0.2) is 12.2 Å². The molecular formula is C35H56O7. The molecule has 11 atom stereocenters. The Morgan fingerprint density at radius 2 is 1.62 bits per heavy atom. The van der Waals surface area contributed by atoms with E-state index in [-0.39, 0.29) is 45.8 Å². The summed E-state index contributed by atoms with van der Waals surface area (Å²) < 4.78 is 16.5. The largest absolute Gasteiger partial charge is 0.508 e. The third-order valence-electron chi connectivity index (χ3n) is 14.4. The number of esters is 1. The van der Waals surface area contributed by atoms with Crippen molar-refractivity contribution >= 4 is 12.1 Å². The molecule has 0 heterocycles. The number of carbonyl (C=O) groups is 2. The maximum absolute atomic E-state index is 13.5. The van der Waals surface area contributed by atoms with E-state index in [2.05, 4.69) is 48.1 Å². The number of aliphatic hydroxyl groups is 2. The molecule has 10 unspecified atom stereocenters. The van der Waals surface area contributed by atoms with Gasteiger partial charge in [-0.05, 0) is 117 Å². The summed E-state index contributed by atoms with van der Waals surface area (Å²) in [7, 11) is 1.57. The average Bonchev–Trinajstić information content (AvgIpc) is 3.34. The standard InChI is InChI=1S/C35H56O7/c1-21(2)23-11-16-35(29(38)40-8)18-17-33(6)24(28(23)35)9-10-26-32(5)14-13-27(42-30(39)41-20-22(37)19-36)31(3,4)25(32)12-15-34(26,33)7/h22-28,36-37H,1,9-20H2,2-8H3/t22?,23?,24?,25?,26?,27?,28?,32?,33?,34?,35-/m0/s1. The topological polar surface area (TPSA) is 102 Å². The minimum Gasteiger partial charge on any atom is -0.469 e. The molecule has 0 spiro atoms. The number of methoxy groups -OCH3 is 1. The summed E-state index contributed by atoms with van der Waals surface area (Å²) in [6.07, 6.45) is 8.17. The van der Waals surface area contributed by atoms with Gasteiger partial charge in [-0.3, -0.25) is 4.79 Å². The van der Waals surface area contributed by atoms with E-state index >= 15 is 0 Å². The Balaban J connectivity index is 1.41. The summed E-state index contributed by atoms with van der Waals surface area (Å²) in [5.41, 5.74) is 1.06. The Morgan fingerprint density at radius 1 is 0.905 bits per heavy atom. The van der Waals surface area contributed by atoms with E-state index in [0.717, 1.165) is 57.8 Å². The van der Waals surface area contributed by atoms with Crippen molar-refractivity contribution in [3.63, 3.8) is 0 Å². The molecule has 2 N–H and O–H groups in total. The Kier molecular flexibility index (Phi) is 8.17. The molecule has 238 valence electrons. The molecule has 0 saturated heterocycles. The van der Waals surface area contributed by atoms with E-state index in [4.69, 9.17) is 19.3 Å². The number of allylic oxidation sites excluding steroid dienone is 1. The Labute approximate surface area is 253 Å². The van der Waals surface area contributed by atoms with Crippen LogP contribution in [0.3, 0.4) is 0 Å². The van der Waals surface area contributed by atoms with Gasteiger partial charge in [0.2, 0.25) is 0 Å². The van der Waals surface area contributed by atoms with Crippen molar-refractivity contribution in [1.29, 1.82) is 0 Å². The molecule has 0 amide bonds. The van der Waals surface area contributed by atoms with Crippen molar-refractivity contribution < 1.29 is 34.0 Å². The first-order valence-corrected chi connectivity index (χ1v) is 16.5. The molecule has 5 aliphatic rings.